The molecule has 0 saturated carbocycles. The van der Waals surface area contributed by atoms with Crippen LogP contribution in [-0.4, -0.2) is 11.7 Å². The minimum absolute atomic E-state index is 0.0271. The van der Waals surface area contributed by atoms with Crippen molar-refractivity contribution in [2.75, 3.05) is 6.54 Å². The Balaban J connectivity index is 2.14. The van der Waals surface area contributed by atoms with Gasteiger partial charge in [0.25, 0.3) is 0 Å². The third-order valence-corrected chi connectivity index (χ3v) is 4.83. The summed E-state index contributed by atoms with van der Waals surface area (Å²) >= 11 is 0. The molecule has 0 bridgehead atoms. The maximum Gasteiger partial charge on any atom is 0.121 e. The molecule has 0 spiro atoms. The molecule has 2 heteroatoms. The molecule has 2 nitrogen and oxygen atoms in total. The largest absolute Gasteiger partial charge is 0.508 e. The minimum Gasteiger partial charge on any atom is -0.508 e. The van der Waals surface area contributed by atoms with Crippen molar-refractivity contribution in [2.45, 2.75) is 57.9 Å². The number of phenolic OH excluding ortho intramolecular Hbond substituents is 1. The lowest BCUT2D eigenvalue weighted by molar-refractivity contribution is 0.390. The smallest absolute Gasteiger partial charge is 0.121 e. The molecule has 2 N–H and O–H groups in total. The second-order valence-electron chi connectivity index (χ2n) is 6.10. The summed E-state index contributed by atoms with van der Waals surface area (Å²) in [6.45, 7) is 5.49. The van der Waals surface area contributed by atoms with Crippen LogP contribution in [0.1, 0.15) is 54.9 Å². The Morgan fingerprint density at radius 2 is 2.00 bits per heavy atom. The summed E-state index contributed by atoms with van der Waals surface area (Å²) in [5.74, 6) is 0.505. The first-order chi connectivity index (χ1) is 8.62. The maximum atomic E-state index is 10.4. The van der Waals surface area contributed by atoms with Gasteiger partial charge in [0, 0.05) is 11.1 Å². The normalized spacial score (nSPS) is 27.2. The van der Waals surface area contributed by atoms with Crippen molar-refractivity contribution in [3.05, 3.63) is 28.3 Å². The topological polar surface area (TPSA) is 32.3 Å². The van der Waals surface area contributed by atoms with E-state index >= 15 is 0 Å². The zero-order valence-electron chi connectivity index (χ0n) is 11.5. The molecule has 1 aliphatic heterocycles. The molecule has 18 heavy (non-hydrogen) atoms. The zero-order valence-corrected chi connectivity index (χ0v) is 11.5. The Kier molecular flexibility index (Phi) is 2.86. The molecule has 1 fully saturated rings. The summed E-state index contributed by atoms with van der Waals surface area (Å²) in [6, 6.07) is 2.03. The Morgan fingerprint density at radius 1 is 1.22 bits per heavy atom. The van der Waals surface area contributed by atoms with Gasteiger partial charge in [0.15, 0.2) is 0 Å². The van der Waals surface area contributed by atoms with Crippen LogP contribution in [0.2, 0.25) is 0 Å². The maximum absolute atomic E-state index is 10.4. The predicted octanol–water partition coefficient (Wildman–Crippen LogP) is 3.18. The van der Waals surface area contributed by atoms with Crippen molar-refractivity contribution in [1.29, 1.82) is 0 Å². The summed E-state index contributed by atoms with van der Waals surface area (Å²) in [4.78, 5) is 0. The average molecular weight is 245 g/mol. The highest BCUT2D eigenvalue weighted by Crippen LogP contribution is 2.41. The first-order valence-electron chi connectivity index (χ1n) is 7.22. The van der Waals surface area contributed by atoms with Crippen LogP contribution in [-0.2, 0) is 18.4 Å². The molecular weight excluding hydrogens is 222 g/mol. The number of hydrogen-bond donors (Lipinski definition) is 2. The highest BCUT2D eigenvalue weighted by atomic mass is 16.3. The third-order valence-electron chi connectivity index (χ3n) is 4.83. The lowest BCUT2D eigenvalue weighted by Gasteiger charge is -2.31. The van der Waals surface area contributed by atoms with Crippen molar-refractivity contribution in [3.63, 3.8) is 0 Å². The van der Waals surface area contributed by atoms with E-state index in [2.05, 4.69) is 19.2 Å². The van der Waals surface area contributed by atoms with E-state index in [0.717, 1.165) is 24.9 Å². The van der Waals surface area contributed by atoms with Crippen LogP contribution in [0.15, 0.2) is 6.07 Å². The van der Waals surface area contributed by atoms with Crippen LogP contribution in [0.4, 0.5) is 0 Å². The van der Waals surface area contributed by atoms with Crippen molar-refractivity contribution < 1.29 is 5.11 Å². The fraction of sp³-hybridized carbons (Fsp3) is 0.625. The molecule has 0 aromatic heterocycles. The number of nitrogens with one attached hydrogen (secondary N) is 1. The number of aryl methyl sites for hydroxylation is 1. The van der Waals surface area contributed by atoms with E-state index in [0.29, 0.717) is 5.75 Å². The second-order valence-corrected chi connectivity index (χ2v) is 6.10. The van der Waals surface area contributed by atoms with E-state index in [9.17, 15) is 5.11 Å². The van der Waals surface area contributed by atoms with Crippen molar-refractivity contribution in [2.24, 2.45) is 0 Å². The van der Waals surface area contributed by atoms with Crippen molar-refractivity contribution in [1.82, 2.24) is 5.32 Å². The van der Waals surface area contributed by atoms with Crippen LogP contribution < -0.4 is 5.32 Å². The van der Waals surface area contributed by atoms with E-state index < -0.39 is 0 Å². The summed E-state index contributed by atoms with van der Waals surface area (Å²) in [7, 11) is 0. The molecule has 1 saturated heterocycles. The number of benzene rings is 1. The van der Waals surface area contributed by atoms with E-state index in [1.807, 2.05) is 6.07 Å². The fourth-order valence-corrected chi connectivity index (χ4v) is 3.90. The molecule has 0 radical (unpaired) electrons. The lowest BCUT2D eigenvalue weighted by Crippen LogP contribution is -2.34. The SMILES string of the molecule is Cc1c2c(cc(O)c1C1(C)CCCN1)CCCC2. The van der Waals surface area contributed by atoms with Gasteiger partial charge in [0.05, 0.1) is 0 Å². The lowest BCUT2D eigenvalue weighted by atomic mass is 9.79. The summed E-state index contributed by atoms with van der Waals surface area (Å²) < 4.78 is 0. The van der Waals surface area contributed by atoms with Crippen LogP contribution in [0, 0.1) is 6.92 Å². The van der Waals surface area contributed by atoms with Gasteiger partial charge < -0.3 is 10.4 Å². The van der Waals surface area contributed by atoms with Gasteiger partial charge in [-0.25, -0.2) is 0 Å². The van der Waals surface area contributed by atoms with Gasteiger partial charge in [-0.05, 0) is 81.7 Å². The Bertz CT molecular complexity index is 472. The van der Waals surface area contributed by atoms with Crippen molar-refractivity contribution in [3.8, 4) is 5.75 Å². The Morgan fingerprint density at radius 3 is 2.72 bits per heavy atom. The average Bonchev–Trinajstić information content (AvgIpc) is 2.77. The summed E-state index contributed by atoms with van der Waals surface area (Å²) in [5, 5.41) is 14.0. The minimum atomic E-state index is -0.0271. The quantitative estimate of drug-likeness (QED) is 0.796. The molecule has 2 aliphatic rings. The van der Waals surface area contributed by atoms with Crippen LogP contribution in [0.3, 0.4) is 0 Å². The second kappa shape index (κ2) is 4.27. The number of rotatable bonds is 1. The van der Waals surface area contributed by atoms with E-state index in [-0.39, 0.29) is 5.54 Å². The van der Waals surface area contributed by atoms with Crippen LogP contribution in [0.5, 0.6) is 5.75 Å². The Labute approximate surface area is 109 Å². The summed E-state index contributed by atoms with van der Waals surface area (Å²) in [6.07, 6.45) is 7.20. The van der Waals surface area contributed by atoms with Gasteiger partial charge in [-0.15, -0.1) is 0 Å². The van der Waals surface area contributed by atoms with E-state index in [1.54, 1.807) is 0 Å². The number of fused-ring (bicyclic) bond motifs is 1. The van der Waals surface area contributed by atoms with Crippen LogP contribution in [0.25, 0.3) is 0 Å². The highest BCUT2D eigenvalue weighted by molar-refractivity contribution is 5.52. The third kappa shape index (κ3) is 1.74. The summed E-state index contributed by atoms with van der Waals surface area (Å²) in [5.41, 5.74) is 5.34. The molecule has 0 amide bonds. The molecule has 98 valence electrons. The number of hydrogen-bond acceptors (Lipinski definition) is 2. The van der Waals surface area contributed by atoms with Gasteiger partial charge >= 0.3 is 0 Å². The van der Waals surface area contributed by atoms with Gasteiger partial charge in [0.1, 0.15) is 5.75 Å². The van der Waals surface area contributed by atoms with Gasteiger partial charge in [-0.2, -0.15) is 0 Å². The Hall–Kier alpha value is -1.02. The molecule has 1 aromatic rings. The number of phenols is 1. The van der Waals surface area contributed by atoms with E-state index in [1.165, 1.54) is 42.4 Å². The monoisotopic (exact) mass is 245 g/mol. The molecule has 1 aromatic carbocycles. The van der Waals surface area contributed by atoms with Crippen molar-refractivity contribution >= 4 is 0 Å². The fourth-order valence-electron chi connectivity index (χ4n) is 3.90. The molecule has 1 heterocycles. The van der Waals surface area contributed by atoms with E-state index in [4.69, 9.17) is 0 Å². The van der Waals surface area contributed by atoms with Crippen LogP contribution >= 0.6 is 0 Å². The molecule has 1 unspecified atom stereocenters. The van der Waals surface area contributed by atoms with Gasteiger partial charge in [-0.1, -0.05) is 0 Å². The first kappa shape index (κ1) is 12.0. The first-order valence-corrected chi connectivity index (χ1v) is 7.22. The molecule has 3 rings (SSSR count). The standard InChI is InChI=1S/C16H23NO/c1-11-13-7-4-3-6-12(13)10-14(18)15(11)16(2)8-5-9-17-16/h10,17-18H,3-9H2,1-2H3. The molecular formula is C16H23NO. The van der Waals surface area contributed by atoms with Gasteiger partial charge in [0.2, 0.25) is 0 Å². The van der Waals surface area contributed by atoms with Gasteiger partial charge in [-0.3, -0.25) is 0 Å². The molecule has 1 aliphatic carbocycles. The molecule has 1 atom stereocenters. The highest BCUT2D eigenvalue weighted by Gasteiger charge is 2.35. The number of aromatic hydroxyl groups is 1. The zero-order chi connectivity index (χ0) is 12.8. The predicted molar refractivity (Wildman–Crippen MR) is 74.1 cm³/mol.